The molecule has 5 nitrogen and oxygen atoms in total. The van der Waals surface area contributed by atoms with Crippen molar-refractivity contribution in [3.8, 4) is 12.1 Å². The lowest BCUT2D eigenvalue weighted by atomic mass is 10.2. The van der Waals surface area contributed by atoms with Crippen LogP contribution >= 0.6 is 0 Å². The van der Waals surface area contributed by atoms with Gasteiger partial charge in [-0.2, -0.15) is 10.5 Å². The molecule has 0 aromatic heterocycles. The molecule has 1 aromatic rings. The van der Waals surface area contributed by atoms with E-state index in [9.17, 15) is 13.6 Å². The average molecular weight is 262 g/mol. The van der Waals surface area contributed by atoms with Crippen LogP contribution in [0.3, 0.4) is 0 Å². The molecule has 19 heavy (non-hydrogen) atoms. The van der Waals surface area contributed by atoms with Crippen molar-refractivity contribution in [2.75, 3.05) is 10.6 Å². The lowest BCUT2D eigenvalue weighted by Crippen LogP contribution is -2.10. The van der Waals surface area contributed by atoms with E-state index in [0.717, 1.165) is 25.3 Å². The van der Waals surface area contributed by atoms with E-state index < -0.39 is 23.2 Å². The summed E-state index contributed by atoms with van der Waals surface area (Å²) in [7, 11) is 0. The summed E-state index contributed by atoms with van der Waals surface area (Å²) in [5.74, 6) is -2.58. The fraction of sp³-hybridized carbons (Fsp3) is 0.0833. The summed E-state index contributed by atoms with van der Waals surface area (Å²) in [6.07, 6.45) is 0.980. The number of nitriles is 2. The van der Waals surface area contributed by atoms with E-state index in [2.05, 4.69) is 5.32 Å². The predicted molar refractivity (Wildman–Crippen MR) is 63.6 cm³/mol. The highest BCUT2D eigenvalue weighted by molar-refractivity contribution is 5.89. The molecule has 0 aliphatic heterocycles. The Kier molecular flexibility index (Phi) is 4.56. The van der Waals surface area contributed by atoms with E-state index >= 15 is 0 Å². The van der Waals surface area contributed by atoms with Crippen molar-refractivity contribution in [1.29, 1.82) is 10.5 Å². The van der Waals surface area contributed by atoms with Gasteiger partial charge in [-0.25, -0.2) is 8.78 Å². The molecule has 0 unspecified atom stereocenters. The Hall–Kier alpha value is -2.93. The van der Waals surface area contributed by atoms with Gasteiger partial charge in [0, 0.05) is 13.1 Å². The number of halogens is 2. The minimum Gasteiger partial charge on any atom is -0.357 e. The number of anilines is 2. The number of nitrogens with zero attached hydrogens (tertiary/aromatic N) is 2. The van der Waals surface area contributed by atoms with E-state index in [1.54, 1.807) is 12.1 Å². The number of benzene rings is 1. The quantitative estimate of drug-likeness (QED) is 0.818. The largest absolute Gasteiger partial charge is 0.357 e. The highest BCUT2D eigenvalue weighted by Gasteiger charge is 2.14. The molecule has 0 spiro atoms. The molecule has 0 heterocycles. The van der Waals surface area contributed by atoms with Crippen LogP contribution in [0.25, 0.3) is 0 Å². The van der Waals surface area contributed by atoms with Crippen molar-refractivity contribution < 1.29 is 13.6 Å². The highest BCUT2D eigenvalue weighted by Crippen LogP contribution is 2.25. The van der Waals surface area contributed by atoms with Gasteiger partial charge in [0.1, 0.15) is 29.2 Å². The van der Waals surface area contributed by atoms with Crippen molar-refractivity contribution in [3.63, 3.8) is 0 Å². The van der Waals surface area contributed by atoms with E-state index in [1.165, 1.54) is 0 Å². The molecule has 96 valence electrons. The van der Waals surface area contributed by atoms with Gasteiger partial charge >= 0.3 is 0 Å². The van der Waals surface area contributed by atoms with Crippen molar-refractivity contribution in [3.05, 3.63) is 35.5 Å². The minimum atomic E-state index is -1.03. The van der Waals surface area contributed by atoms with Gasteiger partial charge in [0.15, 0.2) is 5.82 Å². The summed E-state index contributed by atoms with van der Waals surface area (Å²) in [6, 6.07) is 5.17. The Morgan fingerprint density at radius 1 is 1.32 bits per heavy atom. The molecule has 0 aliphatic rings. The molecule has 0 atom stereocenters. The second-order valence-electron chi connectivity index (χ2n) is 3.39. The minimum absolute atomic E-state index is 0.173. The zero-order valence-corrected chi connectivity index (χ0v) is 9.79. The van der Waals surface area contributed by atoms with Crippen LogP contribution in [0, 0.1) is 34.3 Å². The van der Waals surface area contributed by atoms with Gasteiger partial charge in [0.25, 0.3) is 0 Å². The summed E-state index contributed by atoms with van der Waals surface area (Å²) in [5.41, 5.74) is -1.04. The van der Waals surface area contributed by atoms with Crippen LogP contribution in [0.5, 0.6) is 0 Å². The Bertz CT molecular complexity index is 610. The van der Waals surface area contributed by atoms with Crippen LogP contribution in [-0.4, -0.2) is 5.91 Å². The van der Waals surface area contributed by atoms with Crippen LogP contribution < -0.4 is 10.6 Å². The molecule has 1 aromatic carbocycles. The first-order valence-electron chi connectivity index (χ1n) is 5.02. The van der Waals surface area contributed by atoms with E-state index in [-0.39, 0.29) is 11.3 Å². The van der Waals surface area contributed by atoms with Gasteiger partial charge < -0.3 is 10.6 Å². The molecule has 0 saturated heterocycles. The van der Waals surface area contributed by atoms with Crippen LogP contribution in [-0.2, 0) is 4.79 Å². The molecular formula is C12H8F2N4O. The lowest BCUT2D eigenvalue weighted by Gasteiger charge is -2.09. The van der Waals surface area contributed by atoms with Gasteiger partial charge in [0.2, 0.25) is 5.91 Å². The average Bonchev–Trinajstić information content (AvgIpc) is 2.37. The lowest BCUT2D eigenvalue weighted by molar-refractivity contribution is -0.114. The number of carbonyl (C=O) groups is 1. The number of amides is 1. The smallest absolute Gasteiger partial charge is 0.221 e. The van der Waals surface area contributed by atoms with Crippen LogP contribution in [0.4, 0.5) is 20.2 Å². The van der Waals surface area contributed by atoms with Crippen molar-refractivity contribution >= 4 is 17.3 Å². The van der Waals surface area contributed by atoms with Crippen molar-refractivity contribution in [2.24, 2.45) is 0 Å². The number of nitrogens with one attached hydrogen (secondary N) is 2. The Morgan fingerprint density at radius 2 is 1.95 bits per heavy atom. The maximum Gasteiger partial charge on any atom is 0.221 e. The van der Waals surface area contributed by atoms with Crippen LogP contribution in [0.1, 0.15) is 6.92 Å². The Balaban J connectivity index is 3.12. The first kappa shape index (κ1) is 14.1. The summed E-state index contributed by atoms with van der Waals surface area (Å²) >= 11 is 0. The molecule has 0 aliphatic carbocycles. The van der Waals surface area contributed by atoms with E-state index in [4.69, 9.17) is 10.5 Å². The van der Waals surface area contributed by atoms with Gasteiger partial charge in [-0.3, -0.25) is 4.79 Å². The summed E-state index contributed by atoms with van der Waals surface area (Å²) in [5, 5.41) is 21.4. The molecule has 2 N–H and O–H groups in total. The fourth-order valence-electron chi connectivity index (χ4n) is 1.19. The first-order chi connectivity index (χ1) is 8.99. The standard InChI is InChI=1S/C12H8F2N4O/c1-7(19)18-12-9(13)2-3-10(11(12)14)17-6-8(4-15)5-16/h2-3,6,17H,1H3,(H,18,19). The third-order valence-corrected chi connectivity index (χ3v) is 2.01. The van der Waals surface area contributed by atoms with Crippen LogP contribution in [0.15, 0.2) is 23.9 Å². The van der Waals surface area contributed by atoms with Gasteiger partial charge in [0.05, 0.1) is 5.69 Å². The molecule has 1 rings (SSSR count). The SMILES string of the molecule is CC(=O)Nc1c(F)ccc(NC=C(C#N)C#N)c1F. The second-order valence-corrected chi connectivity index (χ2v) is 3.39. The maximum atomic E-state index is 13.8. The molecule has 0 bridgehead atoms. The summed E-state index contributed by atoms with van der Waals surface area (Å²) < 4.78 is 27.2. The molecule has 0 saturated carbocycles. The molecule has 0 fully saturated rings. The zero-order valence-electron chi connectivity index (χ0n) is 9.79. The number of hydrogen-bond donors (Lipinski definition) is 2. The Labute approximate surface area is 107 Å². The topological polar surface area (TPSA) is 88.7 Å². The van der Waals surface area contributed by atoms with E-state index in [0.29, 0.717) is 0 Å². The molecule has 0 radical (unpaired) electrons. The number of carbonyl (C=O) groups excluding carboxylic acids is 1. The maximum absolute atomic E-state index is 13.8. The third-order valence-electron chi connectivity index (χ3n) is 2.01. The normalized spacial score (nSPS) is 8.89. The predicted octanol–water partition coefficient (Wildman–Crippen LogP) is 2.27. The number of allylic oxidation sites excluding steroid dienone is 1. The summed E-state index contributed by atoms with van der Waals surface area (Å²) in [4.78, 5) is 10.8. The number of rotatable bonds is 3. The van der Waals surface area contributed by atoms with E-state index in [1.807, 2.05) is 5.32 Å². The Morgan fingerprint density at radius 3 is 2.47 bits per heavy atom. The second kappa shape index (κ2) is 6.12. The molecule has 1 amide bonds. The van der Waals surface area contributed by atoms with Crippen LogP contribution in [0.2, 0.25) is 0 Å². The first-order valence-corrected chi connectivity index (χ1v) is 5.02. The van der Waals surface area contributed by atoms with Crippen molar-refractivity contribution in [2.45, 2.75) is 6.92 Å². The summed E-state index contributed by atoms with van der Waals surface area (Å²) in [6.45, 7) is 1.11. The molecule has 7 heteroatoms. The third kappa shape index (κ3) is 3.51. The van der Waals surface area contributed by atoms with Gasteiger partial charge in [-0.1, -0.05) is 0 Å². The molecular weight excluding hydrogens is 254 g/mol. The number of hydrogen-bond acceptors (Lipinski definition) is 4. The fourth-order valence-corrected chi connectivity index (χ4v) is 1.19. The monoisotopic (exact) mass is 262 g/mol. The van der Waals surface area contributed by atoms with Gasteiger partial charge in [-0.05, 0) is 12.1 Å². The van der Waals surface area contributed by atoms with Gasteiger partial charge in [-0.15, -0.1) is 0 Å². The van der Waals surface area contributed by atoms with Crippen molar-refractivity contribution in [1.82, 2.24) is 0 Å². The highest BCUT2D eigenvalue weighted by atomic mass is 19.1. The zero-order chi connectivity index (χ0) is 14.4.